The van der Waals surface area contributed by atoms with Gasteiger partial charge >= 0.3 is 0 Å². The molecule has 0 aromatic heterocycles. The van der Waals surface area contributed by atoms with Crippen LogP contribution in [0.5, 0.6) is 11.5 Å². The molecule has 3 nitrogen and oxygen atoms in total. The molecular formula is C13H16BrNO2. The van der Waals surface area contributed by atoms with Gasteiger partial charge in [-0.25, -0.2) is 0 Å². The number of nitrogens with two attached hydrogens (primary N) is 1. The van der Waals surface area contributed by atoms with Crippen LogP contribution in [0.1, 0.15) is 24.8 Å². The van der Waals surface area contributed by atoms with Crippen molar-refractivity contribution in [1.29, 1.82) is 0 Å². The molecule has 0 amide bonds. The Labute approximate surface area is 109 Å². The van der Waals surface area contributed by atoms with Gasteiger partial charge in [-0.15, -0.1) is 0 Å². The predicted octanol–water partition coefficient (Wildman–Crippen LogP) is 2.60. The Morgan fingerprint density at radius 3 is 2.65 bits per heavy atom. The number of hydrogen-bond donors (Lipinski definition) is 1. The van der Waals surface area contributed by atoms with Gasteiger partial charge in [0.25, 0.3) is 0 Å². The average molecular weight is 298 g/mol. The summed E-state index contributed by atoms with van der Waals surface area (Å²) in [5.74, 6) is 1.75. The fourth-order valence-electron chi connectivity index (χ4n) is 2.75. The van der Waals surface area contributed by atoms with Gasteiger partial charge in [0.05, 0.1) is 0 Å². The summed E-state index contributed by atoms with van der Waals surface area (Å²) in [6.45, 7) is 1.92. The molecule has 1 aromatic carbocycles. The standard InChI is InChI=1S/C13H16BrNO2/c14-9-2-3-10-12(17-7-6-16-10)11(9)13(8-15)4-1-5-13/h2-3H,1,4-8,15H2. The Balaban J connectivity index is 2.14. The summed E-state index contributed by atoms with van der Waals surface area (Å²) in [6, 6.07) is 4.00. The van der Waals surface area contributed by atoms with Gasteiger partial charge in [-0.2, -0.15) is 0 Å². The van der Waals surface area contributed by atoms with Crippen LogP contribution in [0.15, 0.2) is 16.6 Å². The molecule has 0 spiro atoms. The molecule has 1 aliphatic carbocycles. The van der Waals surface area contributed by atoms with Gasteiger partial charge in [-0.1, -0.05) is 22.4 Å². The Morgan fingerprint density at radius 2 is 2.00 bits per heavy atom. The van der Waals surface area contributed by atoms with Gasteiger partial charge in [0.1, 0.15) is 13.2 Å². The quantitative estimate of drug-likeness (QED) is 0.913. The van der Waals surface area contributed by atoms with E-state index in [-0.39, 0.29) is 5.41 Å². The van der Waals surface area contributed by atoms with Crippen LogP contribution in [0.2, 0.25) is 0 Å². The van der Waals surface area contributed by atoms with E-state index in [4.69, 9.17) is 15.2 Å². The minimum absolute atomic E-state index is 0.0882. The maximum Gasteiger partial charge on any atom is 0.166 e. The lowest BCUT2D eigenvalue weighted by molar-refractivity contribution is 0.159. The van der Waals surface area contributed by atoms with Crippen LogP contribution in [-0.4, -0.2) is 19.8 Å². The minimum atomic E-state index is 0.0882. The molecule has 4 heteroatoms. The second-order valence-electron chi connectivity index (χ2n) is 4.78. The van der Waals surface area contributed by atoms with Crippen LogP contribution >= 0.6 is 15.9 Å². The Hall–Kier alpha value is -0.740. The number of hydrogen-bond acceptors (Lipinski definition) is 3. The number of ether oxygens (including phenoxy) is 2. The third-order valence-electron chi connectivity index (χ3n) is 3.89. The second kappa shape index (κ2) is 4.18. The van der Waals surface area contributed by atoms with Crippen molar-refractivity contribution in [3.05, 3.63) is 22.2 Å². The number of fused-ring (bicyclic) bond motifs is 1. The first-order valence-corrected chi connectivity index (χ1v) is 6.85. The van der Waals surface area contributed by atoms with Crippen molar-refractivity contribution in [3.8, 4) is 11.5 Å². The SMILES string of the molecule is NCC1(c2c(Br)ccc3c2OCCO3)CCC1. The zero-order chi connectivity index (χ0) is 11.9. The summed E-state index contributed by atoms with van der Waals surface area (Å²) in [6.07, 6.45) is 3.53. The highest BCUT2D eigenvalue weighted by atomic mass is 79.9. The maximum absolute atomic E-state index is 5.99. The molecule has 2 N–H and O–H groups in total. The van der Waals surface area contributed by atoms with Gasteiger partial charge in [-0.05, 0) is 25.0 Å². The van der Waals surface area contributed by atoms with Crippen LogP contribution in [-0.2, 0) is 5.41 Å². The van der Waals surface area contributed by atoms with Crippen LogP contribution in [0.3, 0.4) is 0 Å². The molecule has 1 fully saturated rings. The summed E-state index contributed by atoms with van der Waals surface area (Å²) in [5, 5.41) is 0. The van der Waals surface area contributed by atoms with E-state index in [1.54, 1.807) is 0 Å². The van der Waals surface area contributed by atoms with Crippen molar-refractivity contribution < 1.29 is 9.47 Å². The Kier molecular flexibility index (Phi) is 2.79. The molecule has 3 rings (SSSR count). The van der Waals surface area contributed by atoms with Crippen molar-refractivity contribution in [2.24, 2.45) is 5.73 Å². The van der Waals surface area contributed by atoms with E-state index in [1.807, 2.05) is 12.1 Å². The molecule has 0 atom stereocenters. The molecule has 92 valence electrons. The number of rotatable bonds is 2. The smallest absolute Gasteiger partial charge is 0.166 e. The maximum atomic E-state index is 5.99. The highest BCUT2D eigenvalue weighted by Crippen LogP contribution is 2.52. The van der Waals surface area contributed by atoms with E-state index in [9.17, 15) is 0 Å². The zero-order valence-electron chi connectivity index (χ0n) is 9.67. The minimum Gasteiger partial charge on any atom is -0.486 e. The summed E-state index contributed by atoms with van der Waals surface area (Å²) in [7, 11) is 0. The van der Waals surface area contributed by atoms with Gasteiger partial charge in [-0.3, -0.25) is 0 Å². The number of benzene rings is 1. The molecule has 0 radical (unpaired) electrons. The summed E-state index contributed by atoms with van der Waals surface area (Å²) < 4.78 is 12.5. The fraction of sp³-hybridized carbons (Fsp3) is 0.538. The van der Waals surface area contributed by atoms with Crippen molar-refractivity contribution in [1.82, 2.24) is 0 Å². The normalized spacial score (nSPS) is 20.8. The highest BCUT2D eigenvalue weighted by Gasteiger charge is 2.42. The summed E-state index contributed by atoms with van der Waals surface area (Å²) in [4.78, 5) is 0. The van der Waals surface area contributed by atoms with Crippen LogP contribution in [0, 0.1) is 0 Å². The molecule has 17 heavy (non-hydrogen) atoms. The van der Waals surface area contributed by atoms with E-state index in [2.05, 4.69) is 15.9 Å². The van der Waals surface area contributed by atoms with Crippen molar-refractivity contribution in [2.75, 3.05) is 19.8 Å². The molecule has 0 saturated heterocycles. The van der Waals surface area contributed by atoms with Gasteiger partial charge in [0, 0.05) is 22.0 Å². The molecular weight excluding hydrogens is 282 g/mol. The summed E-state index contributed by atoms with van der Waals surface area (Å²) >= 11 is 3.64. The Bertz CT molecular complexity index is 438. The van der Waals surface area contributed by atoms with Crippen molar-refractivity contribution in [2.45, 2.75) is 24.7 Å². The number of halogens is 1. The third-order valence-corrected chi connectivity index (χ3v) is 4.55. The topological polar surface area (TPSA) is 44.5 Å². The van der Waals surface area contributed by atoms with E-state index in [0.29, 0.717) is 19.8 Å². The lowest BCUT2D eigenvalue weighted by atomic mass is 9.64. The molecule has 1 aromatic rings. The highest BCUT2D eigenvalue weighted by molar-refractivity contribution is 9.10. The van der Waals surface area contributed by atoms with E-state index in [0.717, 1.165) is 28.8 Å². The molecule has 1 saturated carbocycles. The van der Waals surface area contributed by atoms with Gasteiger partial charge in [0.2, 0.25) is 0 Å². The lowest BCUT2D eigenvalue weighted by Crippen LogP contribution is -2.42. The van der Waals surface area contributed by atoms with E-state index < -0.39 is 0 Å². The van der Waals surface area contributed by atoms with Gasteiger partial charge in [0.15, 0.2) is 11.5 Å². The van der Waals surface area contributed by atoms with Crippen LogP contribution < -0.4 is 15.2 Å². The van der Waals surface area contributed by atoms with Crippen molar-refractivity contribution in [3.63, 3.8) is 0 Å². The zero-order valence-corrected chi connectivity index (χ0v) is 11.3. The van der Waals surface area contributed by atoms with Gasteiger partial charge < -0.3 is 15.2 Å². The molecule has 1 heterocycles. The first-order valence-electron chi connectivity index (χ1n) is 6.05. The Morgan fingerprint density at radius 1 is 1.24 bits per heavy atom. The molecule has 2 aliphatic rings. The van der Waals surface area contributed by atoms with E-state index in [1.165, 1.54) is 12.0 Å². The third kappa shape index (κ3) is 1.66. The molecule has 0 bridgehead atoms. The van der Waals surface area contributed by atoms with Crippen LogP contribution in [0.25, 0.3) is 0 Å². The fourth-order valence-corrected chi connectivity index (χ4v) is 3.48. The van der Waals surface area contributed by atoms with Crippen molar-refractivity contribution >= 4 is 15.9 Å². The second-order valence-corrected chi connectivity index (χ2v) is 5.64. The monoisotopic (exact) mass is 297 g/mol. The first-order chi connectivity index (χ1) is 8.27. The molecule has 1 aliphatic heterocycles. The van der Waals surface area contributed by atoms with Crippen LogP contribution in [0.4, 0.5) is 0 Å². The van der Waals surface area contributed by atoms with E-state index >= 15 is 0 Å². The largest absolute Gasteiger partial charge is 0.486 e. The molecule has 0 unspecified atom stereocenters. The first kappa shape index (κ1) is 11.4. The lowest BCUT2D eigenvalue weighted by Gasteiger charge is -2.43. The summed E-state index contributed by atoms with van der Waals surface area (Å²) in [5.41, 5.74) is 7.29. The predicted molar refractivity (Wildman–Crippen MR) is 69.7 cm³/mol. The average Bonchev–Trinajstić information content (AvgIpc) is 2.31.